The van der Waals surface area contributed by atoms with E-state index in [1.54, 1.807) is 18.2 Å². The van der Waals surface area contributed by atoms with Gasteiger partial charge in [0.05, 0.1) is 18.4 Å². The number of benzene rings is 2. The van der Waals surface area contributed by atoms with Gasteiger partial charge in [-0.1, -0.05) is 43.3 Å². The van der Waals surface area contributed by atoms with Crippen molar-refractivity contribution in [3.63, 3.8) is 0 Å². The summed E-state index contributed by atoms with van der Waals surface area (Å²) in [5.41, 5.74) is 2.33. The third-order valence-corrected chi connectivity index (χ3v) is 6.18. The lowest BCUT2D eigenvalue weighted by Gasteiger charge is -2.21. The van der Waals surface area contributed by atoms with Gasteiger partial charge in [-0.05, 0) is 56.2 Å². The van der Waals surface area contributed by atoms with E-state index in [-0.39, 0.29) is 29.5 Å². The lowest BCUT2D eigenvalue weighted by Crippen LogP contribution is -2.33. The summed E-state index contributed by atoms with van der Waals surface area (Å²) in [6.45, 7) is 8.51. The zero-order valence-corrected chi connectivity index (χ0v) is 21.0. The van der Waals surface area contributed by atoms with Gasteiger partial charge in [-0.3, -0.25) is 9.59 Å². The molecule has 1 heterocycles. The van der Waals surface area contributed by atoms with Crippen molar-refractivity contribution in [1.29, 1.82) is 0 Å². The molecule has 0 unspecified atom stereocenters. The lowest BCUT2D eigenvalue weighted by molar-refractivity contribution is -0.113. The van der Waals surface area contributed by atoms with Crippen molar-refractivity contribution in [2.45, 2.75) is 38.9 Å². The summed E-state index contributed by atoms with van der Waals surface area (Å²) >= 11 is 1.29. The molecule has 3 aromatic rings. The third kappa shape index (κ3) is 6.60. The zero-order valence-electron chi connectivity index (χ0n) is 20.2. The Balaban J connectivity index is 1.62. The van der Waals surface area contributed by atoms with Crippen LogP contribution in [0.25, 0.3) is 0 Å². The van der Waals surface area contributed by atoms with Crippen LogP contribution >= 0.6 is 11.8 Å². The van der Waals surface area contributed by atoms with Crippen LogP contribution in [-0.4, -0.2) is 38.9 Å². The van der Waals surface area contributed by atoms with Crippen LogP contribution in [0.5, 0.6) is 5.75 Å². The van der Waals surface area contributed by atoms with E-state index < -0.39 is 0 Å². The number of ether oxygens (including phenoxy) is 1. The topological polar surface area (TPSA) is 98.1 Å². The molecule has 8 nitrogen and oxygen atoms in total. The van der Waals surface area contributed by atoms with Gasteiger partial charge in [0.2, 0.25) is 5.91 Å². The number of hydrogen-bond acceptors (Lipinski definition) is 6. The van der Waals surface area contributed by atoms with E-state index in [9.17, 15) is 9.59 Å². The standard InChI is InChI=1S/C25H31N5O3S/c1-6-33-20-12-10-19(11-13-20)26-21(31)15-34-25-29-28-23(30(25)5)22(16(2)3)27-24(32)18-9-7-8-17(4)14-18/h7-14,16,22H,6,15H2,1-5H3,(H,26,31)(H,27,32)/t22-/m0/s1. The highest BCUT2D eigenvalue weighted by Gasteiger charge is 2.25. The fourth-order valence-electron chi connectivity index (χ4n) is 3.39. The monoisotopic (exact) mass is 481 g/mol. The number of anilines is 1. The normalized spacial score (nSPS) is 11.8. The van der Waals surface area contributed by atoms with E-state index in [0.29, 0.717) is 28.8 Å². The summed E-state index contributed by atoms with van der Waals surface area (Å²) in [6.07, 6.45) is 0. The fraction of sp³-hybridized carbons (Fsp3) is 0.360. The number of carbonyl (C=O) groups is 2. The van der Waals surface area contributed by atoms with Crippen molar-refractivity contribution in [2.75, 3.05) is 17.7 Å². The van der Waals surface area contributed by atoms with Gasteiger partial charge in [-0.15, -0.1) is 10.2 Å². The molecule has 34 heavy (non-hydrogen) atoms. The maximum Gasteiger partial charge on any atom is 0.251 e. The second-order valence-corrected chi connectivity index (χ2v) is 9.20. The fourth-order valence-corrected chi connectivity index (χ4v) is 4.11. The largest absolute Gasteiger partial charge is 0.494 e. The zero-order chi connectivity index (χ0) is 24.7. The van der Waals surface area contributed by atoms with Crippen LogP contribution in [0, 0.1) is 12.8 Å². The summed E-state index contributed by atoms with van der Waals surface area (Å²) in [5, 5.41) is 15.1. The van der Waals surface area contributed by atoms with Crippen LogP contribution in [0.2, 0.25) is 0 Å². The molecule has 2 amide bonds. The van der Waals surface area contributed by atoms with Crippen molar-refractivity contribution in [1.82, 2.24) is 20.1 Å². The van der Waals surface area contributed by atoms with Crippen LogP contribution in [-0.2, 0) is 11.8 Å². The minimum atomic E-state index is -0.322. The Labute approximate surface area is 204 Å². The highest BCUT2D eigenvalue weighted by molar-refractivity contribution is 7.99. The van der Waals surface area contributed by atoms with E-state index in [4.69, 9.17) is 4.74 Å². The molecule has 0 aliphatic heterocycles. The number of amides is 2. The molecule has 2 aromatic carbocycles. The van der Waals surface area contributed by atoms with E-state index in [1.165, 1.54) is 11.8 Å². The van der Waals surface area contributed by atoms with Gasteiger partial charge in [0.25, 0.3) is 5.91 Å². The van der Waals surface area contributed by atoms with Gasteiger partial charge >= 0.3 is 0 Å². The van der Waals surface area contributed by atoms with Crippen LogP contribution in [0.1, 0.15) is 48.6 Å². The van der Waals surface area contributed by atoms with Crippen molar-refractivity contribution < 1.29 is 14.3 Å². The predicted octanol–water partition coefficient (Wildman–Crippen LogP) is 4.38. The van der Waals surface area contributed by atoms with Crippen LogP contribution in [0.4, 0.5) is 5.69 Å². The Morgan fingerprint density at radius 2 is 1.85 bits per heavy atom. The van der Waals surface area contributed by atoms with Crippen molar-refractivity contribution in [3.05, 3.63) is 65.5 Å². The van der Waals surface area contributed by atoms with Crippen LogP contribution in [0.15, 0.2) is 53.7 Å². The molecule has 3 rings (SSSR count). The molecule has 0 saturated heterocycles. The first-order chi connectivity index (χ1) is 16.3. The Morgan fingerprint density at radius 1 is 1.12 bits per heavy atom. The molecule has 9 heteroatoms. The molecule has 180 valence electrons. The number of carbonyl (C=O) groups excluding carboxylic acids is 2. The Kier molecular flexibility index (Phi) is 8.70. The highest BCUT2D eigenvalue weighted by atomic mass is 32.2. The Hall–Kier alpha value is -3.33. The molecule has 2 N–H and O–H groups in total. The number of thioether (sulfide) groups is 1. The first kappa shape index (κ1) is 25.3. The summed E-state index contributed by atoms with van der Waals surface area (Å²) in [5.74, 6) is 1.38. The molecule has 0 aliphatic rings. The Morgan fingerprint density at radius 3 is 2.50 bits per heavy atom. The second-order valence-electron chi connectivity index (χ2n) is 8.26. The molecule has 0 fully saturated rings. The molecule has 0 aliphatic carbocycles. The first-order valence-electron chi connectivity index (χ1n) is 11.2. The van der Waals surface area contributed by atoms with Crippen LogP contribution in [0.3, 0.4) is 0 Å². The number of rotatable bonds is 10. The predicted molar refractivity (Wildman–Crippen MR) is 134 cm³/mol. The van der Waals surface area contributed by atoms with Crippen LogP contribution < -0.4 is 15.4 Å². The SMILES string of the molecule is CCOc1ccc(NC(=O)CSc2nnc([C@@H](NC(=O)c3cccc(C)c3)C(C)C)n2C)cc1. The third-order valence-electron chi connectivity index (χ3n) is 5.16. The summed E-state index contributed by atoms with van der Waals surface area (Å²) < 4.78 is 7.25. The highest BCUT2D eigenvalue weighted by Crippen LogP contribution is 2.25. The molecule has 1 aromatic heterocycles. The average molecular weight is 482 g/mol. The maximum absolute atomic E-state index is 12.8. The van der Waals surface area contributed by atoms with Crippen molar-refractivity contribution >= 4 is 29.3 Å². The van der Waals surface area contributed by atoms with Gasteiger partial charge in [-0.2, -0.15) is 0 Å². The summed E-state index contributed by atoms with van der Waals surface area (Å²) in [7, 11) is 1.84. The van der Waals surface area contributed by atoms with E-state index in [0.717, 1.165) is 11.3 Å². The number of nitrogens with zero attached hydrogens (tertiary/aromatic N) is 3. The molecular formula is C25H31N5O3S. The van der Waals surface area contributed by atoms with Gasteiger partial charge in [0.1, 0.15) is 5.75 Å². The molecule has 1 atom stereocenters. The lowest BCUT2D eigenvalue weighted by atomic mass is 10.0. The average Bonchev–Trinajstić information content (AvgIpc) is 3.17. The van der Waals surface area contributed by atoms with E-state index >= 15 is 0 Å². The summed E-state index contributed by atoms with van der Waals surface area (Å²) in [4.78, 5) is 25.2. The van der Waals surface area contributed by atoms with Gasteiger partial charge < -0.3 is 19.9 Å². The molecular weight excluding hydrogens is 450 g/mol. The van der Waals surface area contributed by atoms with Gasteiger partial charge in [0, 0.05) is 18.3 Å². The quantitative estimate of drug-likeness (QED) is 0.417. The van der Waals surface area contributed by atoms with Gasteiger partial charge in [-0.25, -0.2) is 0 Å². The number of aryl methyl sites for hydroxylation is 1. The minimum absolute atomic E-state index is 0.0949. The second kappa shape index (κ2) is 11.7. The summed E-state index contributed by atoms with van der Waals surface area (Å²) in [6, 6.07) is 14.4. The minimum Gasteiger partial charge on any atom is -0.494 e. The van der Waals surface area contributed by atoms with E-state index in [2.05, 4.69) is 20.8 Å². The van der Waals surface area contributed by atoms with Crippen molar-refractivity contribution in [3.8, 4) is 5.75 Å². The maximum atomic E-state index is 12.8. The first-order valence-corrected chi connectivity index (χ1v) is 12.2. The Bertz CT molecular complexity index is 1130. The van der Waals surface area contributed by atoms with E-state index in [1.807, 2.05) is 69.6 Å². The smallest absolute Gasteiger partial charge is 0.251 e. The van der Waals surface area contributed by atoms with Gasteiger partial charge in [0.15, 0.2) is 11.0 Å². The number of hydrogen-bond donors (Lipinski definition) is 2. The number of nitrogens with one attached hydrogen (secondary N) is 2. The molecule has 0 radical (unpaired) electrons. The molecule has 0 spiro atoms. The van der Waals surface area contributed by atoms with Crippen molar-refractivity contribution in [2.24, 2.45) is 13.0 Å². The molecule has 0 saturated carbocycles. The number of aromatic nitrogens is 3. The molecule has 0 bridgehead atoms.